The van der Waals surface area contributed by atoms with Crippen LogP contribution in [0.1, 0.15) is 0 Å². The van der Waals surface area contributed by atoms with Gasteiger partial charge in [0.15, 0.2) is 0 Å². The smallest absolute Gasteiger partial charge is 0.394 e. The van der Waals surface area contributed by atoms with Gasteiger partial charge in [-0.2, -0.15) is 0 Å². The molecule has 0 saturated carbocycles. The van der Waals surface area contributed by atoms with Crippen molar-refractivity contribution < 1.29 is 14.7 Å². The van der Waals surface area contributed by atoms with Crippen LogP contribution in [0, 0.1) is 0 Å². The maximum absolute atomic E-state index is 10.8. The van der Waals surface area contributed by atoms with E-state index < -0.39 is 11.9 Å². The van der Waals surface area contributed by atoms with Crippen LogP contribution in [0.3, 0.4) is 0 Å². The molecule has 7 heteroatoms. The number of benzene rings is 1. The number of carbonyl (C=O) groups excluding carboxylic acids is 1. The molecule has 0 aromatic heterocycles. The number of carboxylic acid groups (broad SMARTS) is 1. The number of nitrogens with zero attached hydrogens (tertiary/aromatic N) is 3. The molecular weight excluding hydrogens is 200 g/mol. The molecule has 0 saturated heterocycles. The van der Waals surface area contributed by atoms with Crippen LogP contribution in [-0.2, 0) is 9.59 Å². The quantitative estimate of drug-likeness (QED) is 0.331. The van der Waals surface area contributed by atoms with Gasteiger partial charge in [0.1, 0.15) is 0 Å². The number of azide groups is 1. The summed E-state index contributed by atoms with van der Waals surface area (Å²) in [6, 6.07) is 5.90. The van der Waals surface area contributed by atoms with Gasteiger partial charge in [-0.25, -0.2) is 4.79 Å². The number of hydrogen-bond acceptors (Lipinski definition) is 3. The van der Waals surface area contributed by atoms with Crippen LogP contribution < -0.4 is 5.32 Å². The molecule has 0 bridgehead atoms. The Balaban J connectivity index is 2.86. The molecule has 0 fully saturated rings. The summed E-state index contributed by atoms with van der Waals surface area (Å²) in [5.41, 5.74) is 8.71. The summed E-state index contributed by atoms with van der Waals surface area (Å²) < 4.78 is 0. The van der Waals surface area contributed by atoms with Crippen LogP contribution in [0.15, 0.2) is 29.4 Å². The minimum atomic E-state index is -1.58. The predicted octanol–water partition coefficient (Wildman–Crippen LogP) is 1.65. The van der Waals surface area contributed by atoms with E-state index in [0.29, 0.717) is 5.69 Å². The Kier molecular flexibility index (Phi) is 3.26. The molecule has 1 rings (SSSR count). The third-order valence-electron chi connectivity index (χ3n) is 1.46. The topological polar surface area (TPSA) is 115 Å². The van der Waals surface area contributed by atoms with Gasteiger partial charge < -0.3 is 10.4 Å². The van der Waals surface area contributed by atoms with Crippen LogP contribution in [-0.4, -0.2) is 17.0 Å². The SMILES string of the molecule is [N-]=[N+]=Nc1cccc(NC(=O)C(=O)O)c1. The van der Waals surface area contributed by atoms with Gasteiger partial charge in [0, 0.05) is 16.3 Å². The summed E-state index contributed by atoms with van der Waals surface area (Å²) in [7, 11) is 0. The molecule has 0 radical (unpaired) electrons. The first kappa shape index (κ1) is 10.6. The van der Waals surface area contributed by atoms with Crippen LogP contribution in [0.4, 0.5) is 11.4 Å². The normalized spacial score (nSPS) is 8.80. The van der Waals surface area contributed by atoms with E-state index in [4.69, 9.17) is 10.6 Å². The molecule has 7 nitrogen and oxygen atoms in total. The Bertz CT molecular complexity index is 451. The Morgan fingerprint density at radius 1 is 1.47 bits per heavy atom. The minimum Gasteiger partial charge on any atom is -0.474 e. The van der Waals surface area contributed by atoms with E-state index in [-0.39, 0.29) is 5.69 Å². The highest BCUT2D eigenvalue weighted by Crippen LogP contribution is 2.17. The van der Waals surface area contributed by atoms with Crippen molar-refractivity contribution in [2.24, 2.45) is 5.11 Å². The zero-order valence-corrected chi connectivity index (χ0v) is 7.41. The molecule has 0 aliphatic heterocycles. The van der Waals surface area contributed by atoms with Gasteiger partial charge in [0.05, 0.1) is 0 Å². The number of amides is 1. The van der Waals surface area contributed by atoms with Crippen molar-refractivity contribution in [2.75, 3.05) is 5.32 Å². The second-order valence-corrected chi connectivity index (χ2v) is 2.50. The second kappa shape index (κ2) is 4.64. The molecule has 0 spiro atoms. The molecular formula is C8H6N4O3. The summed E-state index contributed by atoms with van der Waals surface area (Å²) >= 11 is 0. The molecule has 1 amide bonds. The van der Waals surface area contributed by atoms with Crippen LogP contribution in [0.2, 0.25) is 0 Å². The molecule has 0 aliphatic rings. The predicted molar refractivity (Wildman–Crippen MR) is 51.5 cm³/mol. The molecule has 0 heterocycles. The number of hydrogen-bond donors (Lipinski definition) is 2. The van der Waals surface area contributed by atoms with Gasteiger partial charge in [0.2, 0.25) is 0 Å². The van der Waals surface area contributed by atoms with Crippen molar-refractivity contribution in [3.8, 4) is 0 Å². The molecule has 1 aromatic carbocycles. The lowest BCUT2D eigenvalue weighted by molar-refractivity contribution is -0.147. The molecule has 1 aromatic rings. The minimum absolute atomic E-state index is 0.257. The molecule has 0 unspecified atom stereocenters. The third kappa shape index (κ3) is 3.02. The number of aliphatic carboxylic acids is 1. The third-order valence-corrected chi connectivity index (χ3v) is 1.46. The Morgan fingerprint density at radius 3 is 2.80 bits per heavy atom. The highest BCUT2D eigenvalue weighted by atomic mass is 16.4. The zero-order valence-electron chi connectivity index (χ0n) is 7.41. The number of nitrogens with one attached hydrogen (secondary N) is 1. The summed E-state index contributed by atoms with van der Waals surface area (Å²) in [4.78, 5) is 23.5. The van der Waals surface area contributed by atoms with Crippen molar-refractivity contribution in [2.45, 2.75) is 0 Å². The van der Waals surface area contributed by atoms with E-state index in [9.17, 15) is 9.59 Å². The van der Waals surface area contributed by atoms with Crippen LogP contribution in [0.5, 0.6) is 0 Å². The van der Waals surface area contributed by atoms with E-state index in [2.05, 4.69) is 15.3 Å². The number of anilines is 1. The van der Waals surface area contributed by atoms with Gasteiger partial charge in [-0.1, -0.05) is 17.2 Å². The monoisotopic (exact) mass is 206 g/mol. The van der Waals surface area contributed by atoms with E-state index in [1.54, 1.807) is 0 Å². The molecule has 15 heavy (non-hydrogen) atoms. The number of carbonyl (C=O) groups is 2. The van der Waals surface area contributed by atoms with E-state index in [1.165, 1.54) is 24.3 Å². The summed E-state index contributed by atoms with van der Waals surface area (Å²) in [5, 5.41) is 13.7. The van der Waals surface area contributed by atoms with Gasteiger partial charge in [-0.3, -0.25) is 4.79 Å². The van der Waals surface area contributed by atoms with Gasteiger partial charge in [-0.15, -0.1) is 0 Å². The second-order valence-electron chi connectivity index (χ2n) is 2.50. The van der Waals surface area contributed by atoms with Crippen molar-refractivity contribution in [3.63, 3.8) is 0 Å². The Labute approximate surface area is 84.0 Å². The van der Waals surface area contributed by atoms with E-state index in [0.717, 1.165) is 0 Å². The van der Waals surface area contributed by atoms with Crippen LogP contribution in [0.25, 0.3) is 10.4 Å². The first-order valence-electron chi connectivity index (χ1n) is 3.83. The first-order valence-corrected chi connectivity index (χ1v) is 3.83. The summed E-state index contributed by atoms with van der Waals surface area (Å²) in [6.45, 7) is 0. The first-order chi connectivity index (χ1) is 7.13. The number of rotatable bonds is 2. The van der Waals surface area contributed by atoms with Gasteiger partial charge >= 0.3 is 11.9 Å². The molecule has 0 aliphatic carbocycles. The van der Waals surface area contributed by atoms with E-state index >= 15 is 0 Å². The average Bonchev–Trinajstić information content (AvgIpc) is 2.18. The standard InChI is InChI=1S/C8H6N4O3/c9-12-11-6-3-1-2-5(4-6)10-7(13)8(14)15/h1-4H,(H,10,13)(H,14,15). The highest BCUT2D eigenvalue weighted by Gasteiger charge is 2.10. The van der Waals surface area contributed by atoms with Gasteiger partial charge in [0.25, 0.3) is 0 Å². The Morgan fingerprint density at radius 2 is 2.20 bits per heavy atom. The molecule has 76 valence electrons. The fraction of sp³-hybridized carbons (Fsp3) is 0. The van der Waals surface area contributed by atoms with Crippen molar-refractivity contribution in [1.29, 1.82) is 0 Å². The Hall–Kier alpha value is -2.53. The maximum Gasteiger partial charge on any atom is 0.394 e. The number of carboxylic acids is 1. The summed E-state index contributed by atoms with van der Waals surface area (Å²) in [5.74, 6) is -2.72. The average molecular weight is 206 g/mol. The fourth-order valence-electron chi connectivity index (χ4n) is 0.882. The lowest BCUT2D eigenvalue weighted by Crippen LogP contribution is -2.21. The maximum atomic E-state index is 10.8. The van der Waals surface area contributed by atoms with Gasteiger partial charge in [-0.05, 0) is 17.7 Å². The van der Waals surface area contributed by atoms with Crippen molar-refractivity contribution in [1.82, 2.24) is 0 Å². The van der Waals surface area contributed by atoms with Crippen molar-refractivity contribution in [3.05, 3.63) is 34.7 Å². The zero-order chi connectivity index (χ0) is 11.3. The molecule has 2 N–H and O–H groups in total. The van der Waals surface area contributed by atoms with Crippen LogP contribution >= 0.6 is 0 Å². The lowest BCUT2D eigenvalue weighted by Gasteiger charge is -2.01. The lowest BCUT2D eigenvalue weighted by atomic mass is 10.3. The largest absolute Gasteiger partial charge is 0.474 e. The highest BCUT2D eigenvalue weighted by molar-refractivity contribution is 6.36. The summed E-state index contributed by atoms with van der Waals surface area (Å²) in [6.07, 6.45) is 0. The fourth-order valence-corrected chi connectivity index (χ4v) is 0.882. The van der Waals surface area contributed by atoms with E-state index in [1.807, 2.05) is 0 Å². The van der Waals surface area contributed by atoms with Crippen molar-refractivity contribution >= 4 is 23.3 Å². The molecule has 0 atom stereocenters.